The fourth-order valence-corrected chi connectivity index (χ4v) is 2.68. The van der Waals surface area contributed by atoms with Crippen molar-refractivity contribution in [2.24, 2.45) is 0 Å². The highest BCUT2D eigenvalue weighted by atomic mass is 16.7. The van der Waals surface area contributed by atoms with E-state index >= 15 is 0 Å². The molecule has 9 nitrogen and oxygen atoms in total. The summed E-state index contributed by atoms with van der Waals surface area (Å²) in [6.07, 6.45) is 1.46. The number of ether oxygens (including phenoxy) is 1. The minimum atomic E-state index is -0.532. The summed E-state index contributed by atoms with van der Waals surface area (Å²) in [4.78, 5) is 41.9. The summed E-state index contributed by atoms with van der Waals surface area (Å²) in [5, 5.41) is 5.43. The van der Waals surface area contributed by atoms with Crippen LogP contribution in [-0.4, -0.2) is 60.3 Å². The predicted octanol–water partition coefficient (Wildman–Crippen LogP) is 0.505. The number of alkyl carbamates (subject to hydrolysis) is 1. The summed E-state index contributed by atoms with van der Waals surface area (Å²) in [5.41, 5.74) is 1.85. The van der Waals surface area contributed by atoms with Crippen LogP contribution in [0.5, 0.6) is 0 Å². The Hall–Kier alpha value is -2.03. The van der Waals surface area contributed by atoms with E-state index in [0.29, 0.717) is 25.9 Å². The van der Waals surface area contributed by atoms with Gasteiger partial charge in [0.2, 0.25) is 0 Å². The molecule has 2 fully saturated rings. The van der Waals surface area contributed by atoms with Crippen molar-refractivity contribution >= 4 is 18.0 Å². The lowest BCUT2D eigenvalue weighted by atomic mass is 10.0. The van der Waals surface area contributed by atoms with Gasteiger partial charge >= 0.3 is 12.1 Å². The van der Waals surface area contributed by atoms with Crippen molar-refractivity contribution in [3.63, 3.8) is 0 Å². The van der Waals surface area contributed by atoms with Gasteiger partial charge in [-0.05, 0) is 40.0 Å². The van der Waals surface area contributed by atoms with E-state index in [-0.39, 0.29) is 24.6 Å². The zero-order valence-corrected chi connectivity index (χ0v) is 14.4. The predicted molar refractivity (Wildman–Crippen MR) is 85.0 cm³/mol. The normalized spacial score (nSPS) is 22.8. The first-order valence-electron chi connectivity index (χ1n) is 8.22. The Morgan fingerprint density at radius 1 is 1.33 bits per heavy atom. The molecule has 136 valence electrons. The maximum atomic E-state index is 12.1. The lowest BCUT2D eigenvalue weighted by molar-refractivity contribution is -0.138. The third-order valence-corrected chi connectivity index (χ3v) is 3.74. The fraction of sp³-hybridized carbons (Fsp3) is 0.800. The number of hydrogen-bond donors (Lipinski definition) is 3. The van der Waals surface area contributed by atoms with Gasteiger partial charge < -0.3 is 20.3 Å². The van der Waals surface area contributed by atoms with Gasteiger partial charge in [-0.2, -0.15) is 0 Å². The van der Waals surface area contributed by atoms with Gasteiger partial charge in [0.25, 0.3) is 5.91 Å². The van der Waals surface area contributed by atoms with Gasteiger partial charge in [0.1, 0.15) is 11.6 Å². The molecule has 0 aromatic carbocycles. The fourth-order valence-electron chi connectivity index (χ4n) is 2.68. The molecule has 1 unspecified atom stereocenters. The molecule has 9 heteroatoms. The average Bonchev–Trinajstić information content (AvgIpc) is 2.75. The zero-order valence-electron chi connectivity index (χ0n) is 14.4. The summed E-state index contributed by atoms with van der Waals surface area (Å²) < 4.78 is 5.10. The Kier molecular flexibility index (Phi) is 5.87. The molecular formula is C15H26N4O5. The maximum Gasteiger partial charge on any atom is 0.407 e. The van der Waals surface area contributed by atoms with Crippen LogP contribution < -0.4 is 16.1 Å². The molecule has 0 aromatic heterocycles. The summed E-state index contributed by atoms with van der Waals surface area (Å²) in [5.74, 6) is -0.314. The highest BCUT2D eigenvalue weighted by Gasteiger charge is 2.41. The van der Waals surface area contributed by atoms with Gasteiger partial charge in [-0.25, -0.2) is 15.1 Å². The number of rotatable bonds is 6. The number of urea groups is 1. The second-order valence-electron chi connectivity index (χ2n) is 6.99. The van der Waals surface area contributed by atoms with Crippen LogP contribution in [0.15, 0.2) is 0 Å². The van der Waals surface area contributed by atoms with E-state index in [1.54, 1.807) is 20.8 Å². The van der Waals surface area contributed by atoms with E-state index in [1.807, 2.05) is 0 Å². The van der Waals surface area contributed by atoms with E-state index in [9.17, 15) is 14.4 Å². The molecule has 3 N–H and O–H groups in total. The molecule has 0 aliphatic carbocycles. The lowest BCUT2D eigenvalue weighted by Gasteiger charge is -2.29. The Morgan fingerprint density at radius 2 is 2.08 bits per heavy atom. The molecule has 2 bridgehead atoms. The highest BCUT2D eigenvalue weighted by molar-refractivity contribution is 5.88. The van der Waals surface area contributed by atoms with E-state index in [2.05, 4.69) is 16.1 Å². The van der Waals surface area contributed by atoms with Crippen molar-refractivity contribution in [3.05, 3.63) is 0 Å². The van der Waals surface area contributed by atoms with Crippen molar-refractivity contribution in [3.8, 4) is 0 Å². The molecule has 2 saturated heterocycles. The summed E-state index contributed by atoms with van der Waals surface area (Å²) in [6, 6.07) is -0.524. The maximum absolute atomic E-state index is 12.1. The number of piperidine rings is 1. The van der Waals surface area contributed by atoms with Crippen LogP contribution in [0.25, 0.3) is 0 Å². The Morgan fingerprint density at radius 3 is 2.79 bits per heavy atom. The van der Waals surface area contributed by atoms with Gasteiger partial charge in [0, 0.05) is 19.1 Å². The molecule has 24 heavy (non-hydrogen) atoms. The van der Waals surface area contributed by atoms with Crippen LogP contribution in [0, 0.1) is 0 Å². The molecular weight excluding hydrogens is 316 g/mol. The van der Waals surface area contributed by atoms with Crippen molar-refractivity contribution in [1.29, 1.82) is 0 Å². The molecule has 0 aromatic rings. The van der Waals surface area contributed by atoms with Crippen molar-refractivity contribution in [2.45, 2.75) is 57.7 Å². The van der Waals surface area contributed by atoms with Crippen molar-refractivity contribution in [1.82, 2.24) is 21.0 Å². The molecule has 2 heterocycles. The summed E-state index contributed by atoms with van der Waals surface area (Å²) >= 11 is 0. The largest absolute Gasteiger partial charge is 0.444 e. The smallest absolute Gasteiger partial charge is 0.407 e. The summed E-state index contributed by atoms with van der Waals surface area (Å²) in [6.45, 7) is 6.57. The van der Waals surface area contributed by atoms with E-state index in [4.69, 9.17) is 9.57 Å². The number of amides is 4. The molecule has 4 amide bonds. The van der Waals surface area contributed by atoms with Crippen LogP contribution in [0.2, 0.25) is 0 Å². The SMILES string of the molecule is CC(C)(C)OC(=O)NCCCONC(=O)[C@@H]1CCC2CN1C(=O)N2. The van der Waals surface area contributed by atoms with Crippen LogP contribution in [0.4, 0.5) is 9.59 Å². The number of carbonyl (C=O) groups excluding carboxylic acids is 3. The first-order chi connectivity index (χ1) is 11.3. The molecule has 0 spiro atoms. The molecule has 2 atom stereocenters. The first kappa shape index (κ1) is 18.3. The standard InChI is InChI=1S/C15H26N4O5/c1-15(2,3)24-14(22)16-7-4-8-23-18-12(20)11-6-5-10-9-19(11)13(21)17-10/h10-11H,4-9H2,1-3H3,(H,16,22)(H,17,21)(H,18,20)/t10?,11-/m0/s1. The van der Waals surface area contributed by atoms with E-state index < -0.39 is 17.7 Å². The molecule has 2 aliphatic rings. The minimum absolute atomic E-state index is 0.154. The van der Waals surface area contributed by atoms with Gasteiger partial charge in [-0.1, -0.05) is 0 Å². The topological polar surface area (TPSA) is 109 Å². The third-order valence-electron chi connectivity index (χ3n) is 3.74. The van der Waals surface area contributed by atoms with Crippen LogP contribution in [0.3, 0.4) is 0 Å². The number of carbonyl (C=O) groups is 3. The lowest BCUT2D eigenvalue weighted by Crippen LogP contribution is -2.49. The zero-order chi connectivity index (χ0) is 17.7. The number of nitrogens with zero attached hydrogens (tertiary/aromatic N) is 1. The molecule has 0 saturated carbocycles. The highest BCUT2D eigenvalue weighted by Crippen LogP contribution is 2.22. The van der Waals surface area contributed by atoms with E-state index in [0.717, 1.165) is 6.42 Å². The molecule has 2 aliphatic heterocycles. The van der Waals surface area contributed by atoms with Gasteiger partial charge in [-0.15, -0.1) is 0 Å². The van der Waals surface area contributed by atoms with E-state index in [1.165, 1.54) is 4.90 Å². The van der Waals surface area contributed by atoms with Crippen LogP contribution >= 0.6 is 0 Å². The minimum Gasteiger partial charge on any atom is -0.444 e. The molecule has 2 rings (SSSR count). The molecule has 0 radical (unpaired) electrons. The number of nitrogens with one attached hydrogen (secondary N) is 3. The van der Waals surface area contributed by atoms with Crippen molar-refractivity contribution in [2.75, 3.05) is 19.7 Å². The number of hydrogen-bond acceptors (Lipinski definition) is 5. The summed E-state index contributed by atoms with van der Waals surface area (Å²) in [7, 11) is 0. The van der Waals surface area contributed by atoms with Gasteiger partial charge in [-0.3, -0.25) is 9.63 Å². The van der Waals surface area contributed by atoms with Gasteiger partial charge in [0.15, 0.2) is 0 Å². The van der Waals surface area contributed by atoms with Crippen molar-refractivity contribution < 1.29 is 24.0 Å². The van der Waals surface area contributed by atoms with Crippen LogP contribution in [0.1, 0.15) is 40.0 Å². The Bertz CT molecular complexity index is 491. The van der Waals surface area contributed by atoms with Gasteiger partial charge in [0.05, 0.1) is 6.61 Å². The van der Waals surface area contributed by atoms with Crippen LogP contribution in [-0.2, 0) is 14.4 Å². The Balaban J connectivity index is 1.57. The third kappa shape index (κ3) is 5.26. The second kappa shape index (κ2) is 7.69. The average molecular weight is 342 g/mol. The number of fused-ring (bicyclic) bond motifs is 2. The second-order valence-corrected chi connectivity index (χ2v) is 6.99. The Labute approximate surface area is 141 Å². The first-order valence-corrected chi connectivity index (χ1v) is 8.22. The monoisotopic (exact) mass is 342 g/mol. The number of hydroxylamine groups is 1. The quantitative estimate of drug-likeness (QED) is 0.481.